The topological polar surface area (TPSA) is 33.5 Å². The van der Waals surface area contributed by atoms with E-state index in [1.807, 2.05) is 31.2 Å². The third kappa shape index (κ3) is 2.83. The standard InChI is InChI=1S/C13H18N2O/c1-11-6-2-3-7-12(11)14-13(16)10-15-8-4-5-9-15/h2-3,6-7H,4-5,8-10H2,1H3,(H,14,16)/p+1. The molecule has 1 aliphatic rings. The lowest BCUT2D eigenvalue weighted by Crippen LogP contribution is -3.11. The van der Waals surface area contributed by atoms with Crippen molar-refractivity contribution in [3.8, 4) is 0 Å². The molecule has 0 aromatic heterocycles. The second-order valence-corrected chi connectivity index (χ2v) is 4.50. The minimum absolute atomic E-state index is 0.131. The van der Waals surface area contributed by atoms with Gasteiger partial charge in [-0.15, -0.1) is 0 Å². The van der Waals surface area contributed by atoms with Gasteiger partial charge in [-0.2, -0.15) is 0 Å². The highest BCUT2D eigenvalue weighted by molar-refractivity contribution is 5.92. The van der Waals surface area contributed by atoms with E-state index in [1.54, 1.807) is 0 Å². The maximum absolute atomic E-state index is 11.8. The predicted molar refractivity (Wildman–Crippen MR) is 64.6 cm³/mol. The van der Waals surface area contributed by atoms with Crippen molar-refractivity contribution in [1.82, 2.24) is 0 Å². The number of amides is 1. The molecule has 2 N–H and O–H groups in total. The summed E-state index contributed by atoms with van der Waals surface area (Å²) in [6, 6.07) is 7.90. The summed E-state index contributed by atoms with van der Waals surface area (Å²) in [6.45, 7) is 4.90. The van der Waals surface area contributed by atoms with Gasteiger partial charge in [0.25, 0.3) is 5.91 Å². The number of quaternary nitrogens is 1. The zero-order chi connectivity index (χ0) is 11.4. The molecule has 1 heterocycles. The number of anilines is 1. The number of carbonyl (C=O) groups excluding carboxylic acids is 1. The molecule has 2 rings (SSSR count). The van der Waals surface area contributed by atoms with Crippen LogP contribution >= 0.6 is 0 Å². The first-order valence-corrected chi connectivity index (χ1v) is 5.95. The number of nitrogens with one attached hydrogen (secondary N) is 2. The van der Waals surface area contributed by atoms with Crippen molar-refractivity contribution in [1.29, 1.82) is 0 Å². The highest BCUT2D eigenvalue weighted by Crippen LogP contribution is 2.12. The van der Waals surface area contributed by atoms with Crippen LogP contribution in [0.25, 0.3) is 0 Å². The van der Waals surface area contributed by atoms with Gasteiger partial charge in [0.1, 0.15) is 0 Å². The van der Waals surface area contributed by atoms with Crippen molar-refractivity contribution >= 4 is 11.6 Å². The molecule has 16 heavy (non-hydrogen) atoms. The van der Waals surface area contributed by atoms with Gasteiger partial charge in [0.05, 0.1) is 13.1 Å². The Morgan fingerprint density at radius 2 is 2.00 bits per heavy atom. The smallest absolute Gasteiger partial charge is 0.279 e. The molecule has 86 valence electrons. The fraction of sp³-hybridized carbons (Fsp3) is 0.462. The Kier molecular flexibility index (Phi) is 3.57. The Balaban J connectivity index is 1.89. The van der Waals surface area contributed by atoms with Crippen LogP contribution in [-0.4, -0.2) is 25.5 Å². The summed E-state index contributed by atoms with van der Waals surface area (Å²) < 4.78 is 0. The summed E-state index contributed by atoms with van der Waals surface area (Å²) in [6.07, 6.45) is 2.51. The van der Waals surface area contributed by atoms with Crippen molar-refractivity contribution in [3.63, 3.8) is 0 Å². The fourth-order valence-electron chi connectivity index (χ4n) is 2.19. The minimum atomic E-state index is 0.131. The predicted octanol–water partition coefficient (Wildman–Crippen LogP) is 0.612. The molecule has 0 radical (unpaired) electrons. The third-order valence-electron chi connectivity index (χ3n) is 3.14. The number of aryl methyl sites for hydroxylation is 1. The maximum atomic E-state index is 11.8. The first-order valence-electron chi connectivity index (χ1n) is 5.95. The zero-order valence-electron chi connectivity index (χ0n) is 9.75. The number of benzene rings is 1. The molecule has 1 fully saturated rings. The van der Waals surface area contributed by atoms with E-state index in [4.69, 9.17) is 0 Å². The molecule has 1 aromatic rings. The maximum Gasteiger partial charge on any atom is 0.279 e. The van der Waals surface area contributed by atoms with E-state index in [2.05, 4.69) is 5.32 Å². The van der Waals surface area contributed by atoms with Crippen LogP contribution in [0.3, 0.4) is 0 Å². The quantitative estimate of drug-likeness (QED) is 0.767. The SMILES string of the molecule is Cc1ccccc1NC(=O)C[NH+]1CCCC1. The molecule has 0 aliphatic carbocycles. The number of likely N-dealkylation sites (tertiary alicyclic amines) is 1. The Bertz CT molecular complexity index is 370. The van der Waals surface area contributed by atoms with Gasteiger partial charge in [-0.05, 0) is 18.6 Å². The van der Waals surface area contributed by atoms with Crippen LogP contribution in [0.1, 0.15) is 18.4 Å². The van der Waals surface area contributed by atoms with Crippen LogP contribution in [0.5, 0.6) is 0 Å². The molecule has 0 saturated carbocycles. The van der Waals surface area contributed by atoms with Gasteiger partial charge >= 0.3 is 0 Å². The summed E-state index contributed by atoms with van der Waals surface area (Å²) >= 11 is 0. The van der Waals surface area contributed by atoms with Gasteiger partial charge in [0.2, 0.25) is 0 Å². The Morgan fingerprint density at radius 1 is 1.31 bits per heavy atom. The normalized spacial score (nSPS) is 16.3. The fourth-order valence-corrected chi connectivity index (χ4v) is 2.19. The van der Waals surface area contributed by atoms with E-state index in [-0.39, 0.29) is 5.91 Å². The van der Waals surface area contributed by atoms with Crippen LogP contribution < -0.4 is 10.2 Å². The molecular formula is C13H19N2O+. The van der Waals surface area contributed by atoms with Crippen LogP contribution in [0.4, 0.5) is 5.69 Å². The molecule has 0 spiro atoms. The molecular weight excluding hydrogens is 200 g/mol. The van der Waals surface area contributed by atoms with Gasteiger partial charge in [-0.1, -0.05) is 18.2 Å². The highest BCUT2D eigenvalue weighted by Gasteiger charge is 2.18. The third-order valence-corrected chi connectivity index (χ3v) is 3.14. The van der Waals surface area contributed by atoms with Gasteiger partial charge in [0.15, 0.2) is 6.54 Å². The van der Waals surface area contributed by atoms with E-state index in [9.17, 15) is 4.79 Å². The summed E-state index contributed by atoms with van der Waals surface area (Å²) in [5.74, 6) is 0.131. The van der Waals surface area contributed by atoms with Gasteiger partial charge < -0.3 is 10.2 Å². The van der Waals surface area contributed by atoms with Gasteiger partial charge in [-0.3, -0.25) is 4.79 Å². The van der Waals surface area contributed by atoms with Gasteiger partial charge in [0, 0.05) is 18.5 Å². The average Bonchev–Trinajstić information content (AvgIpc) is 2.74. The van der Waals surface area contributed by atoms with E-state index in [0.717, 1.165) is 24.3 Å². The largest absolute Gasteiger partial charge is 0.327 e. The first kappa shape index (κ1) is 11.1. The Labute approximate surface area is 96.5 Å². The molecule has 3 nitrogen and oxygen atoms in total. The molecule has 1 amide bonds. The molecule has 1 saturated heterocycles. The van der Waals surface area contributed by atoms with Crippen LogP contribution in [-0.2, 0) is 4.79 Å². The van der Waals surface area contributed by atoms with Crippen molar-refractivity contribution in [3.05, 3.63) is 29.8 Å². The van der Waals surface area contributed by atoms with Crippen LogP contribution in [0.2, 0.25) is 0 Å². The molecule has 1 aromatic carbocycles. The lowest BCUT2D eigenvalue weighted by molar-refractivity contribution is -0.878. The molecule has 3 heteroatoms. The van der Waals surface area contributed by atoms with Crippen LogP contribution in [0.15, 0.2) is 24.3 Å². The van der Waals surface area contributed by atoms with Crippen molar-refractivity contribution < 1.29 is 9.69 Å². The number of hydrogen-bond acceptors (Lipinski definition) is 1. The summed E-state index contributed by atoms with van der Waals surface area (Å²) in [5.41, 5.74) is 2.05. The molecule has 1 aliphatic heterocycles. The van der Waals surface area contributed by atoms with E-state index < -0.39 is 0 Å². The first-order chi connectivity index (χ1) is 7.75. The number of para-hydroxylation sites is 1. The van der Waals surface area contributed by atoms with E-state index in [1.165, 1.54) is 17.7 Å². The lowest BCUT2D eigenvalue weighted by atomic mass is 10.2. The lowest BCUT2D eigenvalue weighted by Gasteiger charge is -2.12. The Hall–Kier alpha value is -1.35. The Morgan fingerprint density at radius 3 is 2.69 bits per heavy atom. The molecule has 0 atom stereocenters. The number of carbonyl (C=O) groups is 1. The minimum Gasteiger partial charge on any atom is -0.327 e. The molecule has 0 unspecified atom stereocenters. The van der Waals surface area contributed by atoms with E-state index in [0.29, 0.717) is 6.54 Å². The monoisotopic (exact) mass is 219 g/mol. The highest BCUT2D eigenvalue weighted by atomic mass is 16.2. The molecule has 0 bridgehead atoms. The number of rotatable bonds is 3. The average molecular weight is 219 g/mol. The van der Waals surface area contributed by atoms with Gasteiger partial charge in [-0.25, -0.2) is 0 Å². The van der Waals surface area contributed by atoms with E-state index >= 15 is 0 Å². The summed E-state index contributed by atoms with van der Waals surface area (Å²) in [4.78, 5) is 13.2. The summed E-state index contributed by atoms with van der Waals surface area (Å²) in [7, 11) is 0. The van der Waals surface area contributed by atoms with Crippen molar-refractivity contribution in [2.75, 3.05) is 25.0 Å². The van der Waals surface area contributed by atoms with Crippen molar-refractivity contribution in [2.24, 2.45) is 0 Å². The zero-order valence-corrected chi connectivity index (χ0v) is 9.75. The second kappa shape index (κ2) is 5.12. The second-order valence-electron chi connectivity index (χ2n) is 4.50. The summed E-state index contributed by atoms with van der Waals surface area (Å²) in [5, 5.41) is 2.98. The number of hydrogen-bond donors (Lipinski definition) is 2. The van der Waals surface area contributed by atoms with Crippen LogP contribution in [0, 0.1) is 6.92 Å². The van der Waals surface area contributed by atoms with Crippen molar-refractivity contribution in [2.45, 2.75) is 19.8 Å².